The summed E-state index contributed by atoms with van der Waals surface area (Å²) in [7, 11) is -0.549. The molecule has 3 aromatic rings. The second-order valence-corrected chi connectivity index (χ2v) is 8.71. The van der Waals surface area contributed by atoms with Crippen LogP contribution in [0.2, 0.25) is 0 Å². The third-order valence-electron chi connectivity index (χ3n) is 4.47. The summed E-state index contributed by atoms with van der Waals surface area (Å²) in [5.74, 6) is 0. The van der Waals surface area contributed by atoms with Gasteiger partial charge in [-0.25, -0.2) is 0 Å². The lowest BCUT2D eigenvalue weighted by molar-refractivity contribution is 0.836. The molecule has 0 saturated carbocycles. The minimum atomic E-state index is -0.549. The highest BCUT2D eigenvalue weighted by atomic mass is 31.1. The molecule has 0 heterocycles. The van der Waals surface area contributed by atoms with Gasteiger partial charge in [0, 0.05) is 0 Å². The van der Waals surface area contributed by atoms with Crippen molar-refractivity contribution in [1.82, 2.24) is 0 Å². The fraction of sp³-hybridized carbons (Fsp3) is 0.217. The third-order valence-corrected chi connectivity index (χ3v) is 7.01. The van der Waals surface area contributed by atoms with Crippen molar-refractivity contribution in [3.8, 4) is 0 Å². The minimum absolute atomic E-state index is 0.549. The SMILES string of the molecule is Cc1ccc(P(c2ccc(C)cc2)c2ccccc2CCCN)cc1. The van der Waals surface area contributed by atoms with Crippen molar-refractivity contribution in [3.63, 3.8) is 0 Å². The summed E-state index contributed by atoms with van der Waals surface area (Å²) in [6.07, 6.45) is 2.07. The first-order valence-electron chi connectivity index (χ1n) is 8.90. The Morgan fingerprint density at radius 2 is 1.24 bits per heavy atom. The van der Waals surface area contributed by atoms with Gasteiger partial charge < -0.3 is 5.73 Å². The molecule has 0 fully saturated rings. The second-order valence-electron chi connectivity index (χ2n) is 6.53. The van der Waals surface area contributed by atoms with E-state index in [9.17, 15) is 0 Å². The fourth-order valence-corrected chi connectivity index (χ4v) is 5.51. The Balaban J connectivity index is 2.11. The number of nitrogens with two attached hydrogens (primary N) is 1. The Bertz CT molecular complexity index is 761. The standard InChI is InChI=1S/C23H26NP/c1-18-9-13-21(14-10-18)25(22-15-11-19(2)12-16-22)23-8-4-3-6-20(23)7-5-17-24/h3-4,6,8-16H,5,7,17,24H2,1-2H3. The van der Waals surface area contributed by atoms with Crippen LogP contribution in [-0.2, 0) is 6.42 Å². The van der Waals surface area contributed by atoms with E-state index < -0.39 is 7.92 Å². The van der Waals surface area contributed by atoms with Crippen LogP contribution in [0.25, 0.3) is 0 Å². The van der Waals surface area contributed by atoms with Gasteiger partial charge in [-0.3, -0.25) is 0 Å². The van der Waals surface area contributed by atoms with Gasteiger partial charge in [-0.15, -0.1) is 0 Å². The summed E-state index contributed by atoms with van der Waals surface area (Å²) in [5, 5.41) is 4.27. The van der Waals surface area contributed by atoms with Crippen molar-refractivity contribution in [3.05, 3.63) is 89.5 Å². The molecule has 0 aromatic heterocycles. The molecule has 0 bridgehead atoms. The molecule has 3 aromatic carbocycles. The largest absolute Gasteiger partial charge is 0.330 e. The molecule has 0 radical (unpaired) electrons. The predicted octanol–water partition coefficient (Wildman–Crippen LogP) is 3.95. The molecule has 3 rings (SSSR count). The monoisotopic (exact) mass is 347 g/mol. The normalized spacial score (nSPS) is 11.0. The van der Waals surface area contributed by atoms with Crippen LogP contribution in [0.4, 0.5) is 0 Å². The van der Waals surface area contributed by atoms with Crippen molar-refractivity contribution < 1.29 is 0 Å². The first-order chi connectivity index (χ1) is 12.2. The molecule has 0 amide bonds. The average Bonchev–Trinajstić information content (AvgIpc) is 2.64. The molecule has 1 nitrogen and oxygen atoms in total. The van der Waals surface area contributed by atoms with Crippen LogP contribution < -0.4 is 21.6 Å². The molecule has 0 saturated heterocycles. The number of aryl methyl sites for hydroxylation is 3. The molecule has 0 aliphatic rings. The van der Waals surface area contributed by atoms with Gasteiger partial charge in [0.1, 0.15) is 0 Å². The Morgan fingerprint density at radius 3 is 1.76 bits per heavy atom. The van der Waals surface area contributed by atoms with E-state index in [4.69, 9.17) is 5.73 Å². The maximum atomic E-state index is 5.76. The maximum absolute atomic E-state index is 5.76. The molecule has 128 valence electrons. The Hall–Kier alpha value is -1.95. The smallest absolute Gasteiger partial charge is 0.00741 e. The van der Waals surface area contributed by atoms with E-state index in [1.54, 1.807) is 0 Å². The zero-order valence-corrected chi connectivity index (χ0v) is 16.0. The van der Waals surface area contributed by atoms with E-state index in [0.717, 1.165) is 19.4 Å². The zero-order chi connectivity index (χ0) is 17.6. The van der Waals surface area contributed by atoms with Gasteiger partial charge in [-0.1, -0.05) is 83.9 Å². The number of hydrogen-bond donors (Lipinski definition) is 1. The van der Waals surface area contributed by atoms with Crippen LogP contribution in [0.15, 0.2) is 72.8 Å². The zero-order valence-electron chi connectivity index (χ0n) is 15.1. The minimum Gasteiger partial charge on any atom is -0.330 e. The molecule has 2 N–H and O–H groups in total. The first kappa shape index (κ1) is 17.9. The van der Waals surface area contributed by atoms with Crippen molar-refractivity contribution >= 4 is 23.8 Å². The summed E-state index contributed by atoms with van der Waals surface area (Å²) in [6, 6.07) is 26.9. The van der Waals surface area contributed by atoms with Gasteiger partial charge in [0.25, 0.3) is 0 Å². The van der Waals surface area contributed by atoms with E-state index in [2.05, 4.69) is 86.6 Å². The van der Waals surface area contributed by atoms with Crippen molar-refractivity contribution in [1.29, 1.82) is 0 Å². The molecule has 0 atom stereocenters. The fourth-order valence-electron chi connectivity index (χ4n) is 3.05. The highest BCUT2D eigenvalue weighted by Gasteiger charge is 2.19. The van der Waals surface area contributed by atoms with Crippen molar-refractivity contribution in [2.45, 2.75) is 26.7 Å². The molecule has 0 aliphatic carbocycles. The van der Waals surface area contributed by atoms with E-state index in [1.165, 1.54) is 32.6 Å². The Morgan fingerprint density at radius 1 is 0.720 bits per heavy atom. The van der Waals surface area contributed by atoms with Gasteiger partial charge in [-0.2, -0.15) is 0 Å². The van der Waals surface area contributed by atoms with Gasteiger partial charge in [-0.05, 0) is 62.6 Å². The number of rotatable bonds is 6. The maximum Gasteiger partial charge on any atom is -0.00741 e. The average molecular weight is 347 g/mol. The molecule has 0 spiro atoms. The molecule has 0 aliphatic heterocycles. The van der Waals surface area contributed by atoms with E-state index in [1.807, 2.05) is 0 Å². The van der Waals surface area contributed by atoms with Gasteiger partial charge in [0.05, 0.1) is 0 Å². The van der Waals surface area contributed by atoms with Gasteiger partial charge in [0.15, 0.2) is 0 Å². The molecular weight excluding hydrogens is 321 g/mol. The summed E-state index contributed by atoms with van der Waals surface area (Å²) < 4.78 is 0. The van der Waals surface area contributed by atoms with Crippen LogP contribution >= 0.6 is 7.92 Å². The van der Waals surface area contributed by atoms with Crippen molar-refractivity contribution in [2.75, 3.05) is 6.54 Å². The quantitative estimate of drug-likeness (QED) is 0.671. The first-order valence-corrected chi connectivity index (χ1v) is 10.2. The highest BCUT2D eigenvalue weighted by Crippen LogP contribution is 2.34. The lowest BCUT2D eigenvalue weighted by Crippen LogP contribution is -2.23. The molecule has 25 heavy (non-hydrogen) atoms. The highest BCUT2D eigenvalue weighted by molar-refractivity contribution is 7.79. The van der Waals surface area contributed by atoms with Crippen LogP contribution in [-0.4, -0.2) is 6.54 Å². The van der Waals surface area contributed by atoms with E-state index in [0.29, 0.717) is 0 Å². The van der Waals surface area contributed by atoms with Crippen molar-refractivity contribution in [2.24, 2.45) is 5.73 Å². The Labute approximate surface area is 152 Å². The summed E-state index contributed by atoms with van der Waals surface area (Å²) in [6.45, 7) is 5.03. The summed E-state index contributed by atoms with van der Waals surface area (Å²) in [4.78, 5) is 0. The number of hydrogen-bond acceptors (Lipinski definition) is 1. The van der Waals surface area contributed by atoms with Crippen LogP contribution in [0, 0.1) is 13.8 Å². The molecule has 2 heteroatoms. The van der Waals surface area contributed by atoms with Crippen LogP contribution in [0.5, 0.6) is 0 Å². The lowest BCUT2D eigenvalue weighted by atomic mass is 10.1. The van der Waals surface area contributed by atoms with Gasteiger partial charge in [0.2, 0.25) is 0 Å². The summed E-state index contributed by atoms with van der Waals surface area (Å²) in [5.41, 5.74) is 9.80. The number of benzene rings is 3. The van der Waals surface area contributed by atoms with Crippen LogP contribution in [0.1, 0.15) is 23.1 Å². The topological polar surface area (TPSA) is 26.0 Å². The third kappa shape index (κ3) is 4.37. The van der Waals surface area contributed by atoms with Gasteiger partial charge >= 0.3 is 0 Å². The Kier molecular flexibility index (Phi) is 6.02. The van der Waals surface area contributed by atoms with Crippen LogP contribution in [0.3, 0.4) is 0 Å². The predicted molar refractivity (Wildman–Crippen MR) is 112 cm³/mol. The molecular formula is C23H26NP. The summed E-state index contributed by atoms with van der Waals surface area (Å²) >= 11 is 0. The lowest BCUT2D eigenvalue weighted by Gasteiger charge is -2.22. The second kappa shape index (κ2) is 8.43. The van der Waals surface area contributed by atoms with E-state index >= 15 is 0 Å². The molecule has 0 unspecified atom stereocenters. The van der Waals surface area contributed by atoms with E-state index in [-0.39, 0.29) is 0 Å².